The first-order valence-corrected chi connectivity index (χ1v) is 6.34. The van der Waals surface area contributed by atoms with Crippen LogP contribution in [0.25, 0.3) is 11.1 Å². The zero-order valence-corrected chi connectivity index (χ0v) is 12.0. The van der Waals surface area contributed by atoms with E-state index in [4.69, 9.17) is 4.42 Å². The number of anilines is 1. The number of hydrogen-bond acceptors (Lipinski definition) is 6. The Morgan fingerprint density at radius 3 is 2.76 bits per heavy atom. The zero-order chi connectivity index (χ0) is 15.6. The van der Waals surface area contributed by atoms with Crippen molar-refractivity contribution in [2.75, 3.05) is 11.9 Å². The fourth-order valence-corrected chi connectivity index (χ4v) is 1.72. The second-order valence-corrected chi connectivity index (χ2v) is 5.58. The van der Waals surface area contributed by atoms with Crippen LogP contribution in [0.5, 0.6) is 0 Å². The van der Waals surface area contributed by atoms with E-state index in [0.717, 1.165) is 0 Å². The fraction of sp³-hybridized carbons (Fsp3) is 0.385. The predicted molar refractivity (Wildman–Crippen MR) is 77.0 cm³/mol. The minimum Gasteiger partial charge on any atom is -0.423 e. The molecule has 0 aliphatic rings. The summed E-state index contributed by atoms with van der Waals surface area (Å²) in [6.45, 7) is 5.64. The highest BCUT2D eigenvalue weighted by molar-refractivity contribution is 5.82. The molecule has 21 heavy (non-hydrogen) atoms. The van der Waals surface area contributed by atoms with Crippen LogP contribution in [0.3, 0.4) is 0 Å². The summed E-state index contributed by atoms with van der Waals surface area (Å²) in [7, 11) is 0. The second kappa shape index (κ2) is 5.39. The van der Waals surface area contributed by atoms with E-state index in [1.807, 2.05) is 20.8 Å². The molecule has 0 radical (unpaired) electrons. The second-order valence-electron chi connectivity index (χ2n) is 5.58. The van der Waals surface area contributed by atoms with Crippen molar-refractivity contribution in [1.29, 1.82) is 0 Å². The minimum absolute atomic E-state index is 0.00614. The number of non-ortho nitro benzene ring substituents is 1. The number of nitro groups is 1. The third-order valence-corrected chi connectivity index (χ3v) is 2.50. The smallest absolute Gasteiger partial charge is 0.296 e. The van der Waals surface area contributed by atoms with Crippen LogP contribution in [0.1, 0.15) is 20.8 Å². The van der Waals surface area contributed by atoms with Gasteiger partial charge in [0, 0.05) is 11.6 Å². The number of nitrogens with zero attached hydrogens (tertiary/aromatic N) is 2. The average Bonchev–Trinajstić information content (AvgIpc) is 2.75. The van der Waals surface area contributed by atoms with Crippen LogP contribution in [0.4, 0.5) is 11.7 Å². The van der Waals surface area contributed by atoms with E-state index in [1.165, 1.54) is 18.2 Å². The molecule has 1 heterocycles. The van der Waals surface area contributed by atoms with Crippen LogP contribution in [-0.2, 0) is 4.79 Å². The summed E-state index contributed by atoms with van der Waals surface area (Å²) in [4.78, 5) is 25.9. The average molecular weight is 292 g/mol. The van der Waals surface area contributed by atoms with Crippen LogP contribution in [0.15, 0.2) is 22.6 Å². The Hall–Kier alpha value is -2.64. The molecular formula is C13H16N4O4. The van der Waals surface area contributed by atoms with Gasteiger partial charge in [-0.05, 0) is 26.8 Å². The lowest BCUT2D eigenvalue weighted by atomic mass is 10.1. The number of carbonyl (C=O) groups excluding carboxylic acids is 1. The van der Waals surface area contributed by atoms with Crippen molar-refractivity contribution in [3.63, 3.8) is 0 Å². The number of rotatable bonds is 4. The minimum atomic E-state index is -0.508. The molecule has 0 saturated heterocycles. The Morgan fingerprint density at radius 1 is 1.43 bits per heavy atom. The molecule has 8 heteroatoms. The Morgan fingerprint density at radius 2 is 2.14 bits per heavy atom. The van der Waals surface area contributed by atoms with E-state index in [0.29, 0.717) is 11.1 Å². The number of nitro benzene ring substituents is 1. The van der Waals surface area contributed by atoms with Gasteiger partial charge in [0.05, 0.1) is 17.5 Å². The first-order chi connectivity index (χ1) is 9.74. The molecule has 0 saturated carbocycles. The number of aromatic nitrogens is 1. The van der Waals surface area contributed by atoms with E-state index in [-0.39, 0.29) is 29.7 Å². The van der Waals surface area contributed by atoms with Crippen molar-refractivity contribution in [2.24, 2.45) is 0 Å². The molecule has 1 amide bonds. The predicted octanol–water partition coefficient (Wildman–Crippen LogP) is 2.06. The van der Waals surface area contributed by atoms with Crippen molar-refractivity contribution in [3.8, 4) is 0 Å². The topological polar surface area (TPSA) is 110 Å². The van der Waals surface area contributed by atoms with Crippen LogP contribution in [0.2, 0.25) is 0 Å². The molecule has 1 aromatic carbocycles. The molecule has 112 valence electrons. The SMILES string of the molecule is CC(C)(C)NC(=O)CNc1nc2ccc([N+](=O)[O-])cc2o1. The Kier molecular flexibility index (Phi) is 3.79. The van der Waals surface area contributed by atoms with E-state index in [9.17, 15) is 14.9 Å². The van der Waals surface area contributed by atoms with Gasteiger partial charge in [-0.15, -0.1) is 0 Å². The number of fused-ring (bicyclic) bond motifs is 1. The number of amides is 1. The standard InChI is InChI=1S/C13H16N4O4/c1-13(2,3)16-11(18)7-14-12-15-9-5-4-8(17(19)20)6-10(9)21-12/h4-6H,7H2,1-3H3,(H,14,15)(H,16,18). The number of nitrogens with one attached hydrogen (secondary N) is 2. The molecular weight excluding hydrogens is 276 g/mol. The Labute approximate surface area is 120 Å². The lowest BCUT2D eigenvalue weighted by Crippen LogP contribution is -2.43. The summed E-state index contributed by atoms with van der Waals surface area (Å²) in [6, 6.07) is 4.29. The number of oxazole rings is 1. The van der Waals surface area contributed by atoms with Crippen LogP contribution >= 0.6 is 0 Å². The van der Waals surface area contributed by atoms with Gasteiger partial charge in [-0.1, -0.05) is 0 Å². The van der Waals surface area contributed by atoms with Crippen LogP contribution in [-0.4, -0.2) is 27.9 Å². The van der Waals surface area contributed by atoms with Gasteiger partial charge in [0.25, 0.3) is 11.7 Å². The van der Waals surface area contributed by atoms with Crippen molar-refractivity contribution in [3.05, 3.63) is 28.3 Å². The maximum atomic E-state index is 11.7. The molecule has 0 bridgehead atoms. The molecule has 0 aliphatic carbocycles. The van der Waals surface area contributed by atoms with Crippen LogP contribution < -0.4 is 10.6 Å². The lowest BCUT2D eigenvalue weighted by molar-refractivity contribution is -0.384. The summed E-state index contributed by atoms with van der Waals surface area (Å²) < 4.78 is 5.33. The molecule has 8 nitrogen and oxygen atoms in total. The first-order valence-electron chi connectivity index (χ1n) is 6.34. The van der Waals surface area contributed by atoms with Gasteiger partial charge in [0.15, 0.2) is 5.58 Å². The monoisotopic (exact) mass is 292 g/mol. The van der Waals surface area contributed by atoms with Gasteiger partial charge >= 0.3 is 0 Å². The third kappa shape index (κ3) is 3.91. The number of benzene rings is 1. The molecule has 0 fully saturated rings. The zero-order valence-electron chi connectivity index (χ0n) is 12.0. The number of carbonyl (C=O) groups is 1. The lowest BCUT2D eigenvalue weighted by Gasteiger charge is -2.20. The van der Waals surface area contributed by atoms with Gasteiger partial charge in [0.2, 0.25) is 5.91 Å². The first kappa shape index (κ1) is 14.8. The highest BCUT2D eigenvalue weighted by atomic mass is 16.6. The highest BCUT2D eigenvalue weighted by Gasteiger charge is 2.15. The third-order valence-electron chi connectivity index (χ3n) is 2.50. The summed E-state index contributed by atoms with van der Waals surface area (Å²) in [6.07, 6.45) is 0. The fourth-order valence-electron chi connectivity index (χ4n) is 1.72. The van der Waals surface area contributed by atoms with Gasteiger partial charge in [-0.2, -0.15) is 4.98 Å². The number of hydrogen-bond donors (Lipinski definition) is 2. The molecule has 2 aromatic rings. The maximum absolute atomic E-state index is 11.7. The molecule has 1 aromatic heterocycles. The van der Waals surface area contributed by atoms with Gasteiger partial charge in [-0.3, -0.25) is 14.9 Å². The summed E-state index contributed by atoms with van der Waals surface area (Å²) in [5, 5.41) is 16.2. The largest absolute Gasteiger partial charge is 0.423 e. The van der Waals surface area contributed by atoms with Gasteiger partial charge < -0.3 is 15.1 Å². The van der Waals surface area contributed by atoms with Crippen molar-refractivity contribution < 1.29 is 14.1 Å². The Balaban J connectivity index is 2.06. The van der Waals surface area contributed by atoms with Crippen molar-refractivity contribution in [2.45, 2.75) is 26.3 Å². The Bertz CT molecular complexity index is 687. The van der Waals surface area contributed by atoms with E-state index >= 15 is 0 Å². The molecule has 0 spiro atoms. The van der Waals surface area contributed by atoms with E-state index in [1.54, 1.807) is 0 Å². The summed E-state index contributed by atoms with van der Waals surface area (Å²) in [5.74, 6) is -0.198. The maximum Gasteiger partial charge on any atom is 0.296 e. The van der Waals surface area contributed by atoms with Gasteiger partial charge in [0.1, 0.15) is 5.52 Å². The quantitative estimate of drug-likeness (QED) is 0.659. The molecule has 2 rings (SSSR count). The normalized spacial score (nSPS) is 11.4. The molecule has 0 aliphatic heterocycles. The molecule has 0 atom stereocenters. The van der Waals surface area contributed by atoms with Crippen molar-refractivity contribution >= 4 is 28.7 Å². The van der Waals surface area contributed by atoms with E-state index < -0.39 is 4.92 Å². The highest BCUT2D eigenvalue weighted by Crippen LogP contribution is 2.23. The van der Waals surface area contributed by atoms with Crippen molar-refractivity contribution in [1.82, 2.24) is 10.3 Å². The molecule has 2 N–H and O–H groups in total. The van der Waals surface area contributed by atoms with Crippen LogP contribution in [0, 0.1) is 10.1 Å². The summed E-state index contributed by atoms with van der Waals surface area (Å²) >= 11 is 0. The van der Waals surface area contributed by atoms with Gasteiger partial charge in [-0.25, -0.2) is 0 Å². The van der Waals surface area contributed by atoms with E-state index in [2.05, 4.69) is 15.6 Å². The summed E-state index contributed by atoms with van der Waals surface area (Å²) in [5.41, 5.74) is 0.388. The molecule has 0 unspecified atom stereocenters.